The van der Waals surface area contributed by atoms with Gasteiger partial charge in [0.15, 0.2) is 0 Å². The molecule has 0 atom stereocenters. The second-order valence-corrected chi connectivity index (χ2v) is 3.10. The van der Waals surface area contributed by atoms with Crippen LogP contribution in [0, 0.1) is 0 Å². The van der Waals surface area contributed by atoms with E-state index < -0.39 is 6.43 Å². The summed E-state index contributed by atoms with van der Waals surface area (Å²) in [5.74, 6) is 0. The summed E-state index contributed by atoms with van der Waals surface area (Å²) in [6.45, 7) is 0. The summed E-state index contributed by atoms with van der Waals surface area (Å²) in [5, 5.41) is 0.736. The highest BCUT2D eigenvalue weighted by Gasteiger charge is 2.09. The Hall–Kier alpha value is -0.220. The maximum absolute atomic E-state index is 12.1. The third-order valence-electron chi connectivity index (χ3n) is 1.32. The van der Waals surface area contributed by atoms with Gasteiger partial charge in [-0.2, -0.15) is 0 Å². The molecule has 1 aromatic rings. The predicted octanol–water partition coefficient (Wildman–Crippen LogP) is 3.57. The lowest BCUT2D eigenvalue weighted by Gasteiger charge is -2.02. The normalized spacial score (nSPS) is 10.8. The zero-order valence-electron chi connectivity index (χ0n) is 5.90. The van der Waals surface area contributed by atoms with E-state index in [1.54, 1.807) is 0 Å². The van der Waals surface area contributed by atoms with Crippen molar-refractivity contribution < 1.29 is 8.78 Å². The van der Waals surface area contributed by atoms with Crippen molar-refractivity contribution in [3.05, 3.63) is 28.5 Å². The lowest BCUT2D eigenvalue weighted by molar-refractivity contribution is 0.151. The molecule has 0 bridgehead atoms. The summed E-state index contributed by atoms with van der Waals surface area (Å²) in [7, 11) is 0. The van der Waals surface area contributed by atoms with Crippen LogP contribution in [0.3, 0.4) is 0 Å². The van der Waals surface area contributed by atoms with Crippen molar-refractivity contribution in [3.8, 4) is 0 Å². The molecule has 0 saturated carbocycles. The van der Waals surface area contributed by atoms with E-state index in [9.17, 15) is 8.78 Å². The molecule has 0 saturated heterocycles. The average molecular weight is 256 g/mol. The van der Waals surface area contributed by atoms with Crippen molar-refractivity contribution in [2.75, 3.05) is 0 Å². The Kier molecular flexibility index (Phi) is 3.40. The van der Waals surface area contributed by atoms with Gasteiger partial charge in [-0.3, -0.25) is 4.98 Å². The molecule has 1 aromatic heterocycles. The second-order valence-electron chi connectivity index (χ2n) is 2.13. The quantitative estimate of drug-likeness (QED) is 0.737. The van der Waals surface area contributed by atoms with Gasteiger partial charge in [0.1, 0.15) is 0 Å². The van der Waals surface area contributed by atoms with E-state index in [-0.39, 0.29) is 10.6 Å². The van der Waals surface area contributed by atoms with Gasteiger partial charge in [-0.1, -0.05) is 27.5 Å². The minimum absolute atomic E-state index is 0.148. The highest BCUT2D eigenvalue weighted by atomic mass is 79.9. The van der Waals surface area contributed by atoms with Crippen molar-refractivity contribution in [1.29, 1.82) is 0 Å². The van der Waals surface area contributed by atoms with Crippen molar-refractivity contribution in [1.82, 2.24) is 4.98 Å². The molecule has 66 valence electrons. The highest BCUT2D eigenvalue weighted by molar-refractivity contribution is 9.08. The van der Waals surface area contributed by atoms with Crippen LogP contribution in [-0.4, -0.2) is 4.98 Å². The van der Waals surface area contributed by atoms with Crippen LogP contribution in [0.25, 0.3) is 0 Å². The number of alkyl halides is 3. The van der Waals surface area contributed by atoms with E-state index in [2.05, 4.69) is 20.9 Å². The largest absolute Gasteiger partial charge is 0.265 e. The summed E-state index contributed by atoms with van der Waals surface area (Å²) in [6.07, 6.45) is -1.38. The van der Waals surface area contributed by atoms with Crippen molar-refractivity contribution in [3.63, 3.8) is 0 Å². The van der Waals surface area contributed by atoms with E-state index in [0.717, 1.165) is 6.20 Å². The molecular formula is C7H5BrClF2N. The van der Waals surface area contributed by atoms with Crippen LogP contribution < -0.4 is 0 Å². The van der Waals surface area contributed by atoms with Gasteiger partial charge < -0.3 is 0 Å². The van der Waals surface area contributed by atoms with Crippen LogP contribution in [-0.2, 0) is 5.33 Å². The number of hydrogen-bond acceptors (Lipinski definition) is 1. The van der Waals surface area contributed by atoms with Gasteiger partial charge in [0.05, 0.1) is 10.7 Å². The number of aromatic nitrogens is 1. The van der Waals surface area contributed by atoms with E-state index in [0.29, 0.717) is 11.0 Å². The molecule has 0 spiro atoms. The Morgan fingerprint density at radius 3 is 2.67 bits per heavy atom. The Morgan fingerprint density at radius 2 is 2.25 bits per heavy atom. The summed E-state index contributed by atoms with van der Waals surface area (Å²) >= 11 is 8.78. The highest BCUT2D eigenvalue weighted by Crippen LogP contribution is 2.23. The van der Waals surface area contributed by atoms with E-state index in [1.165, 1.54) is 6.07 Å². The fourth-order valence-corrected chi connectivity index (χ4v) is 1.55. The van der Waals surface area contributed by atoms with Gasteiger partial charge in [-0.15, -0.1) is 0 Å². The zero-order valence-corrected chi connectivity index (χ0v) is 8.24. The topological polar surface area (TPSA) is 12.9 Å². The monoisotopic (exact) mass is 255 g/mol. The average Bonchev–Trinajstić information content (AvgIpc) is 2.04. The molecule has 0 aliphatic rings. The Labute approximate surface area is 81.9 Å². The third kappa shape index (κ3) is 2.14. The van der Waals surface area contributed by atoms with E-state index >= 15 is 0 Å². The molecule has 0 unspecified atom stereocenters. The van der Waals surface area contributed by atoms with Crippen molar-refractivity contribution in [2.24, 2.45) is 0 Å². The molecule has 0 amide bonds. The molecule has 0 radical (unpaired) electrons. The Morgan fingerprint density at radius 1 is 1.58 bits per heavy atom. The fourth-order valence-electron chi connectivity index (χ4n) is 0.699. The van der Waals surface area contributed by atoms with Crippen molar-refractivity contribution in [2.45, 2.75) is 11.8 Å². The van der Waals surface area contributed by atoms with Crippen LogP contribution in [0.4, 0.5) is 8.78 Å². The summed E-state index contributed by atoms with van der Waals surface area (Å²) in [5.41, 5.74) is 0.422. The van der Waals surface area contributed by atoms with Gasteiger partial charge in [0.25, 0.3) is 6.43 Å². The molecule has 1 rings (SSSR count). The number of rotatable bonds is 2. The molecule has 5 heteroatoms. The first-order valence-electron chi connectivity index (χ1n) is 3.13. The summed E-state index contributed by atoms with van der Waals surface area (Å²) < 4.78 is 24.1. The first kappa shape index (κ1) is 9.86. The maximum atomic E-state index is 12.1. The van der Waals surface area contributed by atoms with Crippen LogP contribution in [0.5, 0.6) is 0 Å². The standard InChI is InChI=1S/C7H5BrClF2N/c8-2-6-5(9)1-4(3-12-6)7(10)11/h1,3,7H,2H2. The molecule has 0 fully saturated rings. The number of halogens is 4. The summed E-state index contributed by atoms with van der Waals surface area (Å²) in [4.78, 5) is 3.76. The van der Waals surface area contributed by atoms with Gasteiger partial charge in [0, 0.05) is 17.1 Å². The van der Waals surface area contributed by atoms with Gasteiger partial charge in [0.2, 0.25) is 0 Å². The van der Waals surface area contributed by atoms with Crippen LogP contribution >= 0.6 is 27.5 Å². The molecule has 0 aliphatic carbocycles. The first-order chi connectivity index (χ1) is 5.65. The Bertz CT molecular complexity index is 280. The fraction of sp³-hybridized carbons (Fsp3) is 0.286. The smallest absolute Gasteiger partial charge is 0.258 e. The molecule has 0 aromatic carbocycles. The van der Waals surface area contributed by atoms with Gasteiger partial charge >= 0.3 is 0 Å². The minimum Gasteiger partial charge on any atom is -0.258 e. The zero-order chi connectivity index (χ0) is 9.14. The number of nitrogens with zero attached hydrogens (tertiary/aromatic N) is 1. The number of pyridine rings is 1. The molecule has 0 aliphatic heterocycles. The van der Waals surface area contributed by atoms with Gasteiger partial charge in [-0.25, -0.2) is 8.78 Å². The van der Waals surface area contributed by atoms with Crippen LogP contribution in [0.1, 0.15) is 17.7 Å². The minimum atomic E-state index is -2.51. The Balaban J connectivity index is 3.02. The maximum Gasteiger partial charge on any atom is 0.265 e. The van der Waals surface area contributed by atoms with E-state index in [1.807, 2.05) is 0 Å². The predicted molar refractivity (Wildman–Crippen MR) is 46.8 cm³/mol. The molecule has 0 N–H and O–H groups in total. The second kappa shape index (κ2) is 4.14. The van der Waals surface area contributed by atoms with Crippen LogP contribution in [0.15, 0.2) is 12.3 Å². The SMILES string of the molecule is FC(F)c1cnc(CBr)c(Cl)c1. The first-order valence-corrected chi connectivity index (χ1v) is 4.63. The van der Waals surface area contributed by atoms with E-state index in [4.69, 9.17) is 11.6 Å². The number of hydrogen-bond donors (Lipinski definition) is 0. The van der Waals surface area contributed by atoms with Crippen LogP contribution in [0.2, 0.25) is 5.02 Å². The van der Waals surface area contributed by atoms with Crippen molar-refractivity contribution >= 4 is 27.5 Å². The molecular weight excluding hydrogens is 251 g/mol. The molecule has 12 heavy (non-hydrogen) atoms. The van der Waals surface area contributed by atoms with Gasteiger partial charge in [-0.05, 0) is 6.07 Å². The summed E-state index contributed by atoms with van der Waals surface area (Å²) in [6, 6.07) is 1.23. The third-order valence-corrected chi connectivity index (χ3v) is 2.18. The molecule has 1 heterocycles. The lowest BCUT2D eigenvalue weighted by Crippen LogP contribution is -1.91. The lowest BCUT2D eigenvalue weighted by atomic mass is 10.2. The molecule has 1 nitrogen and oxygen atoms in total.